The molecule has 0 aromatic carbocycles. The van der Waals surface area contributed by atoms with E-state index in [9.17, 15) is 0 Å². The van der Waals surface area contributed by atoms with Crippen molar-refractivity contribution in [1.82, 2.24) is 15.5 Å². The van der Waals surface area contributed by atoms with Gasteiger partial charge in [-0.25, -0.2) is 0 Å². The molecule has 3 rings (SSSR count). The molecule has 5 heteroatoms. The Hall–Kier alpha value is -1.07. The fraction of sp³-hybridized carbons (Fsp3) is 0.722. The van der Waals surface area contributed by atoms with Gasteiger partial charge in [-0.15, -0.1) is 11.3 Å². The predicted octanol–water partition coefficient (Wildman–Crippen LogP) is 2.58. The summed E-state index contributed by atoms with van der Waals surface area (Å²) in [6.07, 6.45) is 5.31. The number of hydrogen-bond acceptors (Lipinski definition) is 3. The zero-order valence-electron chi connectivity index (χ0n) is 14.4. The normalized spacial score (nSPS) is 23.9. The van der Waals surface area contributed by atoms with Crippen LogP contribution in [0.2, 0.25) is 0 Å². The number of thiophene rings is 1. The van der Waals surface area contributed by atoms with E-state index >= 15 is 0 Å². The summed E-state index contributed by atoms with van der Waals surface area (Å²) in [5.74, 6) is 2.34. The molecule has 0 bridgehead atoms. The maximum Gasteiger partial charge on any atom is 0.190 e. The summed E-state index contributed by atoms with van der Waals surface area (Å²) in [7, 11) is 1.87. The Morgan fingerprint density at radius 2 is 2.26 bits per heavy atom. The summed E-state index contributed by atoms with van der Waals surface area (Å²) in [5, 5.41) is 9.16. The van der Waals surface area contributed by atoms with E-state index in [1.807, 2.05) is 18.4 Å². The number of likely N-dealkylation sites (tertiary alicyclic amines) is 1. The molecule has 1 aromatic heterocycles. The number of nitrogens with one attached hydrogen (secondary N) is 2. The van der Waals surface area contributed by atoms with Gasteiger partial charge < -0.3 is 15.5 Å². The Morgan fingerprint density at radius 1 is 1.39 bits per heavy atom. The van der Waals surface area contributed by atoms with Crippen molar-refractivity contribution in [2.75, 3.05) is 33.2 Å². The standard InChI is InChI=1S/C18H30N4S/c1-14(10-17-4-3-9-23-17)11-20-18(19-2)21-12-15-7-8-22(13-15)16-5-6-16/h3-4,9,14-16H,5-8,10-13H2,1-2H3,(H2,19,20,21). The molecular weight excluding hydrogens is 304 g/mol. The lowest BCUT2D eigenvalue weighted by Gasteiger charge is -2.18. The molecule has 0 amide bonds. The minimum absolute atomic E-state index is 0.615. The maximum atomic E-state index is 4.37. The molecule has 1 aliphatic heterocycles. The van der Waals surface area contributed by atoms with Crippen LogP contribution in [0, 0.1) is 11.8 Å². The van der Waals surface area contributed by atoms with Crippen molar-refractivity contribution in [1.29, 1.82) is 0 Å². The molecule has 23 heavy (non-hydrogen) atoms. The van der Waals surface area contributed by atoms with Crippen LogP contribution in [-0.4, -0.2) is 50.1 Å². The van der Waals surface area contributed by atoms with Crippen molar-refractivity contribution < 1.29 is 0 Å². The first-order valence-corrected chi connectivity index (χ1v) is 9.83. The van der Waals surface area contributed by atoms with E-state index in [1.165, 1.54) is 37.2 Å². The number of nitrogens with zero attached hydrogens (tertiary/aromatic N) is 2. The van der Waals surface area contributed by atoms with Crippen molar-refractivity contribution in [3.05, 3.63) is 22.4 Å². The van der Waals surface area contributed by atoms with E-state index in [2.05, 4.69) is 45.0 Å². The Morgan fingerprint density at radius 3 is 2.96 bits per heavy atom. The average Bonchev–Trinajstić information content (AvgIpc) is 3.08. The highest BCUT2D eigenvalue weighted by Gasteiger charge is 2.34. The highest BCUT2D eigenvalue weighted by molar-refractivity contribution is 7.09. The van der Waals surface area contributed by atoms with E-state index in [-0.39, 0.29) is 0 Å². The lowest BCUT2D eigenvalue weighted by molar-refractivity contribution is 0.314. The van der Waals surface area contributed by atoms with Crippen molar-refractivity contribution in [3.63, 3.8) is 0 Å². The van der Waals surface area contributed by atoms with Crippen LogP contribution in [0.25, 0.3) is 0 Å². The molecule has 2 fully saturated rings. The Kier molecular flexibility index (Phi) is 5.95. The van der Waals surface area contributed by atoms with Crippen molar-refractivity contribution in [2.45, 2.75) is 38.6 Å². The van der Waals surface area contributed by atoms with Crippen molar-refractivity contribution in [2.24, 2.45) is 16.8 Å². The first-order valence-electron chi connectivity index (χ1n) is 8.95. The molecule has 1 saturated carbocycles. The molecule has 1 aromatic rings. The van der Waals surface area contributed by atoms with Gasteiger partial charge in [-0.1, -0.05) is 13.0 Å². The number of aliphatic imine (C=N–C) groups is 1. The highest BCUT2D eigenvalue weighted by Crippen LogP contribution is 2.31. The fourth-order valence-corrected chi connectivity index (χ4v) is 4.25. The van der Waals surface area contributed by atoms with Gasteiger partial charge in [-0.05, 0) is 55.5 Å². The third-order valence-electron chi connectivity index (χ3n) is 4.91. The summed E-state index contributed by atoms with van der Waals surface area (Å²) >= 11 is 1.85. The molecule has 4 nitrogen and oxygen atoms in total. The van der Waals surface area contributed by atoms with Gasteiger partial charge in [0.25, 0.3) is 0 Å². The largest absolute Gasteiger partial charge is 0.356 e. The van der Waals surface area contributed by atoms with Crippen LogP contribution in [0.4, 0.5) is 0 Å². The summed E-state index contributed by atoms with van der Waals surface area (Å²) in [5.41, 5.74) is 0. The van der Waals surface area contributed by atoms with Gasteiger partial charge in [0.05, 0.1) is 0 Å². The molecule has 2 N–H and O–H groups in total. The number of guanidine groups is 1. The van der Waals surface area contributed by atoms with Gasteiger partial charge in [-0.3, -0.25) is 4.99 Å². The number of rotatable bonds is 7. The van der Waals surface area contributed by atoms with E-state index in [4.69, 9.17) is 0 Å². The minimum Gasteiger partial charge on any atom is -0.356 e. The zero-order chi connectivity index (χ0) is 16.1. The van der Waals surface area contributed by atoms with Crippen LogP contribution < -0.4 is 10.6 Å². The molecule has 2 aliphatic rings. The lowest BCUT2D eigenvalue weighted by atomic mass is 10.1. The van der Waals surface area contributed by atoms with Gasteiger partial charge >= 0.3 is 0 Å². The van der Waals surface area contributed by atoms with Gasteiger partial charge in [-0.2, -0.15) is 0 Å². The van der Waals surface area contributed by atoms with Gasteiger partial charge in [0.1, 0.15) is 0 Å². The van der Waals surface area contributed by atoms with Crippen molar-refractivity contribution in [3.8, 4) is 0 Å². The Balaban J connectivity index is 1.33. The summed E-state index contributed by atoms with van der Waals surface area (Å²) < 4.78 is 0. The highest BCUT2D eigenvalue weighted by atomic mass is 32.1. The maximum absolute atomic E-state index is 4.37. The summed E-state index contributed by atoms with van der Waals surface area (Å²) in [6.45, 7) is 6.87. The lowest BCUT2D eigenvalue weighted by Crippen LogP contribution is -2.42. The zero-order valence-corrected chi connectivity index (χ0v) is 15.2. The van der Waals surface area contributed by atoms with Crippen LogP contribution >= 0.6 is 11.3 Å². The molecule has 128 valence electrons. The third kappa shape index (κ3) is 5.21. The number of hydrogen-bond donors (Lipinski definition) is 2. The van der Waals surface area contributed by atoms with E-state index in [1.54, 1.807) is 0 Å². The van der Waals surface area contributed by atoms with E-state index < -0.39 is 0 Å². The second-order valence-corrected chi connectivity index (χ2v) is 8.14. The van der Waals surface area contributed by atoms with Gasteiger partial charge in [0.15, 0.2) is 5.96 Å². The smallest absolute Gasteiger partial charge is 0.190 e. The average molecular weight is 335 g/mol. The van der Waals surface area contributed by atoms with Crippen LogP contribution in [0.5, 0.6) is 0 Å². The molecule has 1 saturated heterocycles. The molecule has 1 aliphatic carbocycles. The second-order valence-electron chi connectivity index (χ2n) is 7.10. The van der Waals surface area contributed by atoms with Crippen LogP contribution in [0.15, 0.2) is 22.5 Å². The monoisotopic (exact) mass is 334 g/mol. The SMILES string of the molecule is CN=C(NCC(C)Cc1cccs1)NCC1CCN(C2CC2)C1. The van der Waals surface area contributed by atoms with Crippen molar-refractivity contribution >= 4 is 17.3 Å². The third-order valence-corrected chi connectivity index (χ3v) is 5.81. The predicted molar refractivity (Wildman–Crippen MR) is 99.3 cm³/mol. The molecule has 0 spiro atoms. The quantitative estimate of drug-likeness (QED) is 0.595. The second kappa shape index (κ2) is 8.15. The Bertz CT molecular complexity index is 495. The van der Waals surface area contributed by atoms with Gasteiger partial charge in [0.2, 0.25) is 0 Å². The van der Waals surface area contributed by atoms with E-state index in [0.29, 0.717) is 5.92 Å². The van der Waals surface area contributed by atoms with Gasteiger partial charge in [0, 0.05) is 37.6 Å². The van der Waals surface area contributed by atoms with E-state index in [0.717, 1.165) is 37.4 Å². The fourth-order valence-electron chi connectivity index (χ4n) is 3.38. The van der Waals surface area contributed by atoms with Crippen LogP contribution in [0.1, 0.15) is 31.1 Å². The van der Waals surface area contributed by atoms with Crippen LogP contribution in [0.3, 0.4) is 0 Å². The molecule has 2 heterocycles. The Labute approximate surface area is 144 Å². The first-order chi connectivity index (χ1) is 11.2. The summed E-state index contributed by atoms with van der Waals surface area (Å²) in [4.78, 5) is 8.51. The topological polar surface area (TPSA) is 39.7 Å². The molecule has 2 atom stereocenters. The first kappa shape index (κ1) is 16.8. The van der Waals surface area contributed by atoms with Crippen LogP contribution in [-0.2, 0) is 6.42 Å². The summed E-state index contributed by atoms with van der Waals surface area (Å²) in [6, 6.07) is 5.27. The molecule has 0 radical (unpaired) electrons. The molecule has 2 unspecified atom stereocenters. The molecular formula is C18H30N4S. The minimum atomic E-state index is 0.615.